The van der Waals surface area contributed by atoms with E-state index in [4.69, 9.17) is 0 Å². The summed E-state index contributed by atoms with van der Waals surface area (Å²) in [6, 6.07) is 15.8. The monoisotopic (exact) mass is 241 g/mol. The van der Waals surface area contributed by atoms with E-state index in [0.29, 0.717) is 11.1 Å². The van der Waals surface area contributed by atoms with Crippen molar-refractivity contribution >= 4 is 5.91 Å². The Kier molecular flexibility index (Phi) is 3.63. The minimum atomic E-state index is -0.237. The molecular formula is C15H15NO2. The number of amides is 1. The summed E-state index contributed by atoms with van der Waals surface area (Å²) in [5, 5.41) is 12.6. The van der Waals surface area contributed by atoms with Gasteiger partial charge in [0.15, 0.2) is 0 Å². The Bertz CT molecular complexity index is 537. The van der Waals surface area contributed by atoms with Crippen LogP contribution in [0.3, 0.4) is 0 Å². The van der Waals surface area contributed by atoms with E-state index in [1.807, 2.05) is 31.2 Å². The standard InChI is InChI=1S/C15H15NO2/c1-11(13-9-5-6-10-14(13)17)16-15(18)12-7-3-2-4-8-12/h2-11,17H,1H3,(H,16,18). The molecule has 18 heavy (non-hydrogen) atoms. The van der Waals surface area contributed by atoms with Crippen LogP contribution in [-0.2, 0) is 0 Å². The summed E-state index contributed by atoms with van der Waals surface area (Å²) in [4.78, 5) is 11.9. The third kappa shape index (κ3) is 2.69. The van der Waals surface area contributed by atoms with Crippen molar-refractivity contribution in [3.8, 4) is 5.75 Å². The summed E-state index contributed by atoms with van der Waals surface area (Å²) in [7, 11) is 0. The maximum Gasteiger partial charge on any atom is 0.251 e. The van der Waals surface area contributed by atoms with Gasteiger partial charge in [0.1, 0.15) is 5.75 Å². The highest BCUT2D eigenvalue weighted by Crippen LogP contribution is 2.23. The number of carbonyl (C=O) groups is 1. The van der Waals surface area contributed by atoms with E-state index in [1.54, 1.807) is 30.3 Å². The zero-order valence-electron chi connectivity index (χ0n) is 10.1. The summed E-state index contributed by atoms with van der Waals surface area (Å²) in [6.45, 7) is 1.84. The summed E-state index contributed by atoms with van der Waals surface area (Å²) in [5.74, 6) is 0.0460. The first kappa shape index (κ1) is 12.2. The highest BCUT2D eigenvalue weighted by atomic mass is 16.3. The topological polar surface area (TPSA) is 49.3 Å². The predicted octanol–water partition coefficient (Wildman–Crippen LogP) is 2.88. The zero-order valence-corrected chi connectivity index (χ0v) is 10.1. The van der Waals surface area contributed by atoms with Gasteiger partial charge in [0.2, 0.25) is 0 Å². The molecule has 0 radical (unpaired) electrons. The van der Waals surface area contributed by atoms with E-state index in [9.17, 15) is 9.90 Å². The average molecular weight is 241 g/mol. The maximum absolute atomic E-state index is 11.9. The Morgan fingerprint density at radius 2 is 1.67 bits per heavy atom. The molecule has 0 bridgehead atoms. The van der Waals surface area contributed by atoms with Crippen molar-refractivity contribution < 1.29 is 9.90 Å². The van der Waals surface area contributed by atoms with Gasteiger partial charge in [0.05, 0.1) is 6.04 Å². The minimum absolute atomic E-state index is 0.147. The Labute approximate surface area is 106 Å². The first-order valence-corrected chi connectivity index (χ1v) is 5.82. The number of rotatable bonds is 3. The molecule has 3 nitrogen and oxygen atoms in total. The molecule has 0 heterocycles. The number of hydrogen-bond acceptors (Lipinski definition) is 2. The van der Waals surface area contributed by atoms with Gasteiger partial charge in [-0.1, -0.05) is 36.4 Å². The molecule has 0 fully saturated rings. The lowest BCUT2D eigenvalue weighted by Gasteiger charge is -2.15. The van der Waals surface area contributed by atoms with Crippen LogP contribution in [0.5, 0.6) is 5.75 Å². The smallest absolute Gasteiger partial charge is 0.251 e. The molecule has 2 aromatic carbocycles. The number of nitrogens with one attached hydrogen (secondary N) is 1. The maximum atomic E-state index is 11.9. The highest BCUT2D eigenvalue weighted by Gasteiger charge is 2.13. The lowest BCUT2D eigenvalue weighted by molar-refractivity contribution is 0.0939. The average Bonchev–Trinajstić information content (AvgIpc) is 2.40. The van der Waals surface area contributed by atoms with Crippen LogP contribution < -0.4 is 5.32 Å². The van der Waals surface area contributed by atoms with E-state index in [-0.39, 0.29) is 17.7 Å². The van der Waals surface area contributed by atoms with E-state index in [1.165, 1.54) is 0 Å². The highest BCUT2D eigenvalue weighted by molar-refractivity contribution is 5.94. The molecule has 0 aliphatic carbocycles. The molecule has 1 amide bonds. The number of phenols is 1. The normalized spacial score (nSPS) is 11.8. The molecule has 0 saturated heterocycles. The quantitative estimate of drug-likeness (QED) is 0.868. The van der Waals surface area contributed by atoms with Gasteiger partial charge in [-0.05, 0) is 25.1 Å². The summed E-state index contributed by atoms with van der Waals surface area (Å²) in [5.41, 5.74) is 1.32. The van der Waals surface area contributed by atoms with Crippen molar-refractivity contribution in [1.29, 1.82) is 0 Å². The van der Waals surface area contributed by atoms with Crippen molar-refractivity contribution in [2.75, 3.05) is 0 Å². The number of carbonyl (C=O) groups excluding carboxylic acids is 1. The van der Waals surface area contributed by atoms with E-state index in [2.05, 4.69) is 5.32 Å². The number of benzene rings is 2. The van der Waals surface area contributed by atoms with E-state index < -0.39 is 0 Å². The van der Waals surface area contributed by atoms with Crippen molar-refractivity contribution in [2.45, 2.75) is 13.0 Å². The predicted molar refractivity (Wildman–Crippen MR) is 70.4 cm³/mol. The fourth-order valence-corrected chi connectivity index (χ4v) is 1.80. The third-order valence-electron chi connectivity index (χ3n) is 2.79. The van der Waals surface area contributed by atoms with Crippen LogP contribution in [0.15, 0.2) is 54.6 Å². The SMILES string of the molecule is CC(NC(=O)c1ccccc1)c1ccccc1O. The molecule has 0 aromatic heterocycles. The number of aromatic hydroxyl groups is 1. The van der Waals surface area contributed by atoms with Gasteiger partial charge in [-0.2, -0.15) is 0 Å². The Morgan fingerprint density at radius 1 is 1.06 bits per heavy atom. The van der Waals surface area contributed by atoms with Crippen LogP contribution in [-0.4, -0.2) is 11.0 Å². The molecule has 1 atom stereocenters. The second-order valence-corrected chi connectivity index (χ2v) is 4.12. The lowest BCUT2D eigenvalue weighted by atomic mass is 10.1. The number of hydrogen-bond donors (Lipinski definition) is 2. The second-order valence-electron chi connectivity index (χ2n) is 4.12. The molecule has 0 aliphatic rings. The third-order valence-corrected chi connectivity index (χ3v) is 2.79. The van der Waals surface area contributed by atoms with Crippen molar-refractivity contribution in [3.63, 3.8) is 0 Å². The molecule has 1 unspecified atom stereocenters. The Hall–Kier alpha value is -2.29. The first-order chi connectivity index (χ1) is 8.68. The van der Waals surface area contributed by atoms with Crippen LogP contribution in [0.25, 0.3) is 0 Å². The fourth-order valence-electron chi connectivity index (χ4n) is 1.80. The second kappa shape index (κ2) is 5.36. The Morgan fingerprint density at radius 3 is 2.33 bits per heavy atom. The largest absolute Gasteiger partial charge is 0.508 e. The molecule has 0 saturated carbocycles. The van der Waals surface area contributed by atoms with Gasteiger partial charge in [0, 0.05) is 11.1 Å². The number of para-hydroxylation sites is 1. The first-order valence-electron chi connectivity index (χ1n) is 5.82. The van der Waals surface area contributed by atoms with Crippen LogP contribution in [0, 0.1) is 0 Å². The van der Waals surface area contributed by atoms with Crippen LogP contribution in [0.2, 0.25) is 0 Å². The molecule has 2 N–H and O–H groups in total. The molecular weight excluding hydrogens is 226 g/mol. The number of phenolic OH excluding ortho intramolecular Hbond substituents is 1. The molecule has 2 rings (SSSR count). The molecule has 0 spiro atoms. The summed E-state index contributed by atoms with van der Waals surface area (Å²) in [6.07, 6.45) is 0. The summed E-state index contributed by atoms with van der Waals surface area (Å²) >= 11 is 0. The molecule has 92 valence electrons. The fraction of sp³-hybridized carbons (Fsp3) is 0.133. The van der Waals surface area contributed by atoms with Crippen molar-refractivity contribution in [2.24, 2.45) is 0 Å². The van der Waals surface area contributed by atoms with Crippen molar-refractivity contribution in [1.82, 2.24) is 5.32 Å². The molecule has 2 aromatic rings. The van der Waals surface area contributed by atoms with Crippen LogP contribution in [0.4, 0.5) is 0 Å². The molecule has 3 heteroatoms. The van der Waals surface area contributed by atoms with Crippen molar-refractivity contribution in [3.05, 3.63) is 65.7 Å². The van der Waals surface area contributed by atoms with Gasteiger partial charge >= 0.3 is 0 Å². The van der Waals surface area contributed by atoms with Gasteiger partial charge in [-0.25, -0.2) is 0 Å². The minimum Gasteiger partial charge on any atom is -0.508 e. The van der Waals surface area contributed by atoms with E-state index >= 15 is 0 Å². The summed E-state index contributed by atoms with van der Waals surface area (Å²) < 4.78 is 0. The van der Waals surface area contributed by atoms with Gasteiger partial charge < -0.3 is 10.4 Å². The van der Waals surface area contributed by atoms with E-state index in [0.717, 1.165) is 0 Å². The zero-order chi connectivity index (χ0) is 13.0. The lowest BCUT2D eigenvalue weighted by Crippen LogP contribution is -2.26. The van der Waals surface area contributed by atoms with Gasteiger partial charge in [0.25, 0.3) is 5.91 Å². The van der Waals surface area contributed by atoms with Crippen LogP contribution in [0.1, 0.15) is 28.9 Å². The van der Waals surface area contributed by atoms with Gasteiger partial charge in [-0.3, -0.25) is 4.79 Å². The Balaban J connectivity index is 2.11. The van der Waals surface area contributed by atoms with Crippen LogP contribution >= 0.6 is 0 Å². The van der Waals surface area contributed by atoms with Gasteiger partial charge in [-0.15, -0.1) is 0 Å². The molecule has 0 aliphatic heterocycles.